The van der Waals surface area contributed by atoms with Crippen LogP contribution in [0.5, 0.6) is 11.5 Å². The first-order valence-electron chi connectivity index (χ1n) is 9.57. The van der Waals surface area contributed by atoms with Gasteiger partial charge in [0.15, 0.2) is 13.2 Å². The summed E-state index contributed by atoms with van der Waals surface area (Å²) in [6, 6.07) is 16.1. The molecule has 2 N–H and O–H groups in total. The van der Waals surface area contributed by atoms with Gasteiger partial charge in [0.2, 0.25) is 0 Å². The van der Waals surface area contributed by atoms with Crippen LogP contribution in [-0.4, -0.2) is 25.0 Å². The molecule has 3 aromatic carbocycles. The monoisotopic (exact) mass is 702 g/mol. The first-order chi connectivity index (χ1) is 15.7. The maximum absolute atomic E-state index is 12.4. The lowest BCUT2D eigenvalue weighted by Gasteiger charge is -2.13. The van der Waals surface area contributed by atoms with Crippen LogP contribution in [0.4, 0.5) is 11.4 Å². The highest BCUT2D eigenvalue weighted by Crippen LogP contribution is 2.29. The average Bonchev–Trinajstić information content (AvgIpc) is 2.75. The van der Waals surface area contributed by atoms with Gasteiger partial charge in [-0.3, -0.25) is 9.59 Å². The van der Waals surface area contributed by atoms with E-state index < -0.39 is 0 Å². The molecule has 2 amide bonds. The Balaban J connectivity index is 1.55. The quantitative estimate of drug-likeness (QED) is 0.263. The number of amides is 2. The molecule has 3 aromatic rings. The van der Waals surface area contributed by atoms with Crippen molar-refractivity contribution < 1.29 is 19.1 Å². The number of nitrogens with one attached hydrogen (secondary N) is 2. The van der Waals surface area contributed by atoms with Gasteiger partial charge in [0, 0.05) is 20.3 Å². The molecular weight excluding hydrogens is 688 g/mol. The van der Waals surface area contributed by atoms with Crippen LogP contribution in [0.15, 0.2) is 72.5 Å². The molecule has 10 heteroatoms. The molecule has 0 heterocycles. The van der Waals surface area contributed by atoms with Crippen molar-refractivity contribution in [2.75, 3.05) is 23.8 Å². The van der Waals surface area contributed by atoms with Gasteiger partial charge in [-0.05, 0) is 92.9 Å². The Labute approximate surface area is 224 Å². The summed E-state index contributed by atoms with van der Waals surface area (Å²) in [7, 11) is 0. The van der Waals surface area contributed by atoms with Gasteiger partial charge in [0.25, 0.3) is 11.8 Å². The van der Waals surface area contributed by atoms with Gasteiger partial charge in [-0.1, -0.05) is 37.9 Å². The van der Waals surface area contributed by atoms with Crippen LogP contribution in [0.2, 0.25) is 0 Å². The van der Waals surface area contributed by atoms with E-state index in [0.29, 0.717) is 22.9 Å². The van der Waals surface area contributed by atoms with Gasteiger partial charge in [-0.25, -0.2) is 0 Å². The van der Waals surface area contributed by atoms with Crippen molar-refractivity contribution >= 4 is 86.9 Å². The van der Waals surface area contributed by atoms with E-state index in [1.807, 2.05) is 37.3 Å². The summed E-state index contributed by atoms with van der Waals surface area (Å²) in [5.41, 5.74) is 1.96. The zero-order chi connectivity index (χ0) is 24.0. The minimum Gasteiger partial charge on any atom is -0.483 e. The lowest BCUT2D eigenvalue weighted by Crippen LogP contribution is -2.22. The second-order valence-electron chi connectivity index (χ2n) is 6.85. The summed E-state index contributed by atoms with van der Waals surface area (Å²) in [5.74, 6) is 0.473. The van der Waals surface area contributed by atoms with E-state index in [0.717, 1.165) is 23.5 Å². The van der Waals surface area contributed by atoms with E-state index >= 15 is 0 Å². The Morgan fingerprint density at radius 2 is 1.24 bits per heavy atom. The van der Waals surface area contributed by atoms with Crippen molar-refractivity contribution in [1.29, 1.82) is 0 Å². The molecule has 0 aliphatic carbocycles. The number of aryl methyl sites for hydroxylation is 1. The summed E-state index contributed by atoms with van der Waals surface area (Å²) in [6.45, 7) is 1.54. The van der Waals surface area contributed by atoms with Crippen LogP contribution >= 0.6 is 63.7 Å². The fourth-order valence-corrected chi connectivity index (χ4v) is 5.01. The molecule has 0 saturated heterocycles. The third kappa shape index (κ3) is 7.84. The van der Waals surface area contributed by atoms with Gasteiger partial charge in [-0.15, -0.1) is 0 Å². The molecule has 6 nitrogen and oxygen atoms in total. The van der Waals surface area contributed by atoms with E-state index in [-0.39, 0.29) is 25.0 Å². The molecule has 0 bridgehead atoms. The highest BCUT2D eigenvalue weighted by atomic mass is 79.9. The molecule has 0 saturated carbocycles. The first-order valence-corrected chi connectivity index (χ1v) is 12.7. The van der Waals surface area contributed by atoms with Crippen molar-refractivity contribution in [2.24, 2.45) is 0 Å². The van der Waals surface area contributed by atoms with Crippen LogP contribution in [0, 0.1) is 6.92 Å². The van der Waals surface area contributed by atoms with Crippen molar-refractivity contribution in [2.45, 2.75) is 6.92 Å². The molecule has 172 valence electrons. The summed E-state index contributed by atoms with van der Waals surface area (Å²) < 4.78 is 14.4. The molecule has 0 aromatic heterocycles. The SMILES string of the molecule is Cc1ccc(NC(=O)COc2ccc(Br)cc2Br)cc1NC(=O)COc1ccc(Br)cc1Br. The summed E-state index contributed by atoms with van der Waals surface area (Å²) in [5, 5.41) is 5.59. The second kappa shape index (κ2) is 12.0. The lowest BCUT2D eigenvalue weighted by molar-refractivity contribution is -0.118. The molecule has 33 heavy (non-hydrogen) atoms. The van der Waals surface area contributed by atoms with Gasteiger partial charge < -0.3 is 20.1 Å². The third-order valence-electron chi connectivity index (χ3n) is 4.30. The molecular formula is C23H18Br4N2O4. The number of carbonyl (C=O) groups is 2. The molecule has 0 aliphatic rings. The zero-order valence-electron chi connectivity index (χ0n) is 17.3. The number of rotatable bonds is 8. The van der Waals surface area contributed by atoms with Crippen molar-refractivity contribution in [3.8, 4) is 11.5 Å². The largest absolute Gasteiger partial charge is 0.483 e. The Morgan fingerprint density at radius 3 is 1.76 bits per heavy atom. The minimum absolute atomic E-state index is 0.161. The van der Waals surface area contributed by atoms with Gasteiger partial charge in [0.05, 0.1) is 8.95 Å². The van der Waals surface area contributed by atoms with E-state index in [1.54, 1.807) is 24.3 Å². The molecule has 0 spiro atoms. The number of anilines is 2. The highest BCUT2D eigenvalue weighted by Gasteiger charge is 2.11. The Kier molecular flexibility index (Phi) is 9.37. The highest BCUT2D eigenvalue weighted by molar-refractivity contribution is 9.11. The van der Waals surface area contributed by atoms with E-state index in [9.17, 15) is 9.59 Å². The zero-order valence-corrected chi connectivity index (χ0v) is 23.6. The number of hydrogen-bond donors (Lipinski definition) is 2. The Morgan fingerprint density at radius 1 is 0.727 bits per heavy atom. The lowest BCUT2D eigenvalue weighted by atomic mass is 10.1. The average molecular weight is 706 g/mol. The van der Waals surface area contributed by atoms with Crippen LogP contribution in [0.3, 0.4) is 0 Å². The van der Waals surface area contributed by atoms with Crippen molar-refractivity contribution in [1.82, 2.24) is 0 Å². The van der Waals surface area contributed by atoms with E-state index in [4.69, 9.17) is 9.47 Å². The fourth-order valence-electron chi connectivity index (χ4n) is 2.69. The van der Waals surface area contributed by atoms with Crippen LogP contribution in [0.1, 0.15) is 5.56 Å². The number of halogens is 4. The van der Waals surface area contributed by atoms with Gasteiger partial charge >= 0.3 is 0 Å². The van der Waals surface area contributed by atoms with Crippen molar-refractivity contribution in [3.05, 3.63) is 78.1 Å². The molecule has 3 rings (SSSR count). The molecule has 0 unspecified atom stereocenters. The molecule has 0 fully saturated rings. The number of carbonyl (C=O) groups excluding carboxylic acids is 2. The maximum atomic E-state index is 12.4. The third-order valence-corrected chi connectivity index (χ3v) is 6.53. The maximum Gasteiger partial charge on any atom is 0.262 e. The second-order valence-corrected chi connectivity index (χ2v) is 10.4. The molecule has 0 aliphatic heterocycles. The number of hydrogen-bond acceptors (Lipinski definition) is 4. The van der Waals surface area contributed by atoms with Crippen LogP contribution in [-0.2, 0) is 9.59 Å². The first kappa shape index (κ1) is 25.7. The molecule has 0 radical (unpaired) electrons. The fraction of sp³-hybridized carbons (Fsp3) is 0.130. The van der Waals surface area contributed by atoms with E-state index in [2.05, 4.69) is 74.4 Å². The predicted molar refractivity (Wildman–Crippen MR) is 143 cm³/mol. The number of ether oxygens (including phenoxy) is 2. The summed E-state index contributed by atoms with van der Waals surface area (Å²) in [6.07, 6.45) is 0. The Hall–Kier alpha value is -1.88. The van der Waals surface area contributed by atoms with Crippen LogP contribution in [0.25, 0.3) is 0 Å². The van der Waals surface area contributed by atoms with Crippen LogP contribution < -0.4 is 20.1 Å². The number of benzene rings is 3. The molecule has 0 atom stereocenters. The minimum atomic E-state index is -0.325. The smallest absolute Gasteiger partial charge is 0.262 e. The van der Waals surface area contributed by atoms with E-state index in [1.165, 1.54) is 0 Å². The normalized spacial score (nSPS) is 10.5. The van der Waals surface area contributed by atoms with Crippen molar-refractivity contribution in [3.63, 3.8) is 0 Å². The Bertz CT molecular complexity index is 1190. The van der Waals surface area contributed by atoms with Gasteiger partial charge in [-0.2, -0.15) is 0 Å². The summed E-state index contributed by atoms with van der Waals surface area (Å²) >= 11 is 13.5. The topological polar surface area (TPSA) is 76.7 Å². The summed E-state index contributed by atoms with van der Waals surface area (Å²) in [4.78, 5) is 24.7. The standard InChI is InChI=1S/C23H18Br4N2O4/c1-13-2-5-16(28-22(30)11-32-20-6-3-14(24)8-17(20)26)10-19(13)29-23(31)12-33-21-7-4-15(25)9-18(21)27/h2-10H,11-12H2,1H3,(H,28,30)(H,29,31). The van der Waals surface area contributed by atoms with Gasteiger partial charge in [0.1, 0.15) is 11.5 Å². The predicted octanol–water partition coefficient (Wildman–Crippen LogP) is 7.08.